The zero-order chi connectivity index (χ0) is 30.3. The first-order chi connectivity index (χ1) is 20.1. The van der Waals surface area contributed by atoms with Crippen LogP contribution in [0, 0.1) is 13.8 Å². The van der Waals surface area contributed by atoms with E-state index in [1.807, 2.05) is 44.2 Å². The second-order valence-corrected chi connectivity index (χ2v) is 13.3. The van der Waals surface area contributed by atoms with Crippen LogP contribution in [-0.2, 0) is 26.0 Å². The number of carbonyl (C=O) groups excluding carboxylic acids is 2. The van der Waals surface area contributed by atoms with Crippen molar-refractivity contribution < 1.29 is 18.0 Å². The highest BCUT2D eigenvalue weighted by atomic mass is 35.5. The summed E-state index contributed by atoms with van der Waals surface area (Å²) in [5.74, 6) is -0.646. The average molecular weight is 610 g/mol. The number of aryl methyl sites for hydroxylation is 2. The molecule has 9 heteroatoms. The molecule has 224 valence electrons. The number of nitrogens with one attached hydrogen (secondary N) is 1. The number of sulfonamides is 1. The molecule has 0 spiro atoms. The molecule has 3 aromatic carbocycles. The van der Waals surface area contributed by atoms with E-state index in [0.29, 0.717) is 29.1 Å². The second kappa shape index (κ2) is 14.2. The van der Waals surface area contributed by atoms with Gasteiger partial charge in [0.1, 0.15) is 12.6 Å². The molecule has 7 nitrogen and oxygen atoms in total. The van der Waals surface area contributed by atoms with Crippen LogP contribution in [0.4, 0.5) is 5.69 Å². The predicted molar refractivity (Wildman–Crippen MR) is 168 cm³/mol. The first kappa shape index (κ1) is 31.6. The number of anilines is 1. The second-order valence-electron chi connectivity index (χ2n) is 11.0. The van der Waals surface area contributed by atoms with Crippen LogP contribution >= 0.6 is 11.6 Å². The molecule has 4 rings (SSSR count). The van der Waals surface area contributed by atoms with E-state index in [9.17, 15) is 18.0 Å². The predicted octanol–water partition coefficient (Wildman–Crippen LogP) is 6.06. The van der Waals surface area contributed by atoms with Gasteiger partial charge in [-0.2, -0.15) is 0 Å². The van der Waals surface area contributed by atoms with Crippen molar-refractivity contribution in [1.29, 1.82) is 0 Å². The van der Waals surface area contributed by atoms with Crippen molar-refractivity contribution in [3.8, 4) is 0 Å². The highest BCUT2D eigenvalue weighted by Gasteiger charge is 2.34. The summed E-state index contributed by atoms with van der Waals surface area (Å²) in [4.78, 5) is 29.4. The summed E-state index contributed by atoms with van der Waals surface area (Å²) < 4.78 is 29.3. The van der Waals surface area contributed by atoms with E-state index in [4.69, 9.17) is 11.6 Å². The maximum absolute atomic E-state index is 14.2. The monoisotopic (exact) mass is 609 g/mol. The minimum absolute atomic E-state index is 0.0714. The molecule has 1 atom stereocenters. The Labute approximate surface area is 254 Å². The fourth-order valence-electron chi connectivity index (χ4n) is 5.47. The summed E-state index contributed by atoms with van der Waals surface area (Å²) in [5, 5.41) is 3.50. The van der Waals surface area contributed by atoms with Gasteiger partial charge in [0.25, 0.3) is 10.0 Å². The highest BCUT2D eigenvalue weighted by Crippen LogP contribution is 2.30. The Morgan fingerprint density at radius 1 is 0.976 bits per heavy atom. The number of amides is 2. The summed E-state index contributed by atoms with van der Waals surface area (Å²) in [6.07, 6.45) is 4.93. The van der Waals surface area contributed by atoms with Crippen molar-refractivity contribution in [2.24, 2.45) is 0 Å². The molecule has 2 amide bonds. The van der Waals surface area contributed by atoms with E-state index < -0.39 is 28.5 Å². The van der Waals surface area contributed by atoms with E-state index in [-0.39, 0.29) is 23.4 Å². The molecule has 1 aliphatic carbocycles. The number of carbonyl (C=O) groups is 2. The lowest BCUT2D eigenvalue weighted by molar-refractivity contribution is -0.139. The van der Waals surface area contributed by atoms with Gasteiger partial charge in [-0.25, -0.2) is 8.42 Å². The van der Waals surface area contributed by atoms with Crippen molar-refractivity contribution in [3.05, 3.63) is 94.5 Å². The van der Waals surface area contributed by atoms with E-state index in [1.54, 1.807) is 54.3 Å². The quantitative estimate of drug-likeness (QED) is 0.270. The fourth-order valence-corrected chi connectivity index (χ4v) is 7.10. The maximum atomic E-state index is 14.2. The van der Waals surface area contributed by atoms with Crippen molar-refractivity contribution in [3.63, 3.8) is 0 Å². The molecule has 3 aromatic rings. The molecule has 0 bridgehead atoms. The molecule has 1 fully saturated rings. The van der Waals surface area contributed by atoms with Crippen LogP contribution in [0.1, 0.15) is 55.7 Å². The van der Waals surface area contributed by atoms with Crippen molar-refractivity contribution in [2.75, 3.05) is 17.4 Å². The summed E-state index contributed by atoms with van der Waals surface area (Å²) in [6, 6.07) is 20.6. The molecular formula is C33H40ClN3O4S. The Balaban J connectivity index is 1.70. The number of nitrogens with zero attached hydrogens (tertiary/aromatic N) is 2. The van der Waals surface area contributed by atoms with Crippen LogP contribution in [0.25, 0.3) is 0 Å². The molecule has 42 heavy (non-hydrogen) atoms. The molecule has 0 aliphatic heterocycles. The zero-order valence-electron chi connectivity index (χ0n) is 24.6. The van der Waals surface area contributed by atoms with Crippen molar-refractivity contribution >= 4 is 39.1 Å². The van der Waals surface area contributed by atoms with Gasteiger partial charge in [-0.3, -0.25) is 13.9 Å². The normalized spacial score (nSPS) is 14.4. The van der Waals surface area contributed by atoms with E-state index >= 15 is 0 Å². The van der Waals surface area contributed by atoms with Gasteiger partial charge in [0.05, 0.1) is 10.6 Å². The Hall–Kier alpha value is -3.36. The molecule has 1 N–H and O–H groups in total. The van der Waals surface area contributed by atoms with Gasteiger partial charge in [-0.05, 0) is 74.9 Å². The summed E-state index contributed by atoms with van der Waals surface area (Å²) in [7, 11) is -4.15. The molecule has 1 saturated carbocycles. The van der Waals surface area contributed by atoms with Crippen LogP contribution in [0.15, 0.2) is 77.7 Å². The molecule has 0 aromatic heterocycles. The van der Waals surface area contributed by atoms with Crippen LogP contribution in [0.2, 0.25) is 5.02 Å². The number of benzene rings is 3. The van der Waals surface area contributed by atoms with Crippen LogP contribution in [0.3, 0.4) is 0 Å². The molecule has 1 aliphatic rings. The van der Waals surface area contributed by atoms with Gasteiger partial charge in [-0.1, -0.05) is 85.5 Å². The van der Waals surface area contributed by atoms with Crippen molar-refractivity contribution in [2.45, 2.75) is 76.3 Å². The largest absolute Gasteiger partial charge is 0.352 e. The smallest absolute Gasteiger partial charge is 0.264 e. The Kier molecular flexibility index (Phi) is 10.7. The third kappa shape index (κ3) is 7.72. The topological polar surface area (TPSA) is 86.8 Å². The molecule has 0 radical (unpaired) electrons. The third-order valence-electron chi connectivity index (χ3n) is 7.90. The SMILES string of the molecule is CCC(C(=O)NC1CCCC1)N(CCc1ccccc1)C(=O)CN(c1cc(Cl)ccc1C)S(=O)(=O)c1ccc(C)cc1. The minimum atomic E-state index is -4.15. The molecule has 0 saturated heterocycles. The number of halogens is 1. The number of hydrogen-bond donors (Lipinski definition) is 1. The molecule has 1 unspecified atom stereocenters. The summed E-state index contributed by atoms with van der Waals surface area (Å²) in [6.45, 7) is 5.34. The van der Waals surface area contributed by atoms with E-state index in [1.165, 1.54) is 0 Å². The minimum Gasteiger partial charge on any atom is -0.352 e. The summed E-state index contributed by atoms with van der Waals surface area (Å²) in [5.41, 5.74) is 2.92. The molecular weight excluding hydrogens is 570 g/mol. The van der Waals surface area contributed by atoms with Crippen LogP contribution in [-0.4, -0.2) is 50.3 Å². The average Bonchev–Trinajstić information content (AvgIpc) is 3.49. The lowest BCUT2D eigenvalue weighted by atomic mass is 10.1. The highest BCUT2D eigenvalue weighted by molar-refractivity contribution is 7.92. The zero-order valence-corrected chi connectivity index (χ0v) is 26.1. The van der Waals surface area contributed by atoms with Gasteiger partial charge in [0.2, 0.25) is 11.8 Å². The van der Waals surface area contributed by atoms with Gasteiger partial charge in [0, 0.05) is 17.6 Å². The third-order valence-corrected chi connectivity index (χ3v) is 9.91. The van der Waals surface area contributed by atoms with Gasteiger partial charge in [-0.15, -0.1) is 0 Å². The Morgan fingerprint density at radius 2 is 1.64 bits per heavy atom. The number of hydrogen-bond acceptors (Lipinski definition) is 4. The summed E-state index contributed by atoms with van der Waals surface area (Å²) >= 11 is 6.32. The standard InChI is InChI=1S/C33H40ClN3O4S/c1-4-30(33(39)35-28-12-8-9-13-28)36(21-20-26-10-6-5-7-11-26)32(38)23-37(31-22-27(34)17-16-25(31)3)42(40,41)29-18-14-24(2)15-19-29/h5-7,10-11,14-19,22,28,30H,4,8-9,12-13,20-21,23H2,1-3H3,(H,35,39). The lowest BCUT2D eigenvalue weighted by Gasteiger charge is -2.34. The van der Waals surface area contributed by atoms with E-state index in [0.717, 1.165) is 41.1 Å². The number of rotatable bonds is 12. The van der Waals surface area contributed by atoms with Crippen molar-refractivity contribution in [1.82, 2.24) is 10.2 Å². The maximum Gasteiger partial charge on any atom is 0.264 e. The van der Waals surface area contributed by atoms with Crippen LogP contribution in [0.5, 0.6) is 0 Å². The Morgan fingerprint density at radius 3 is 2.29 bits per heavy atom. The van der Waals surface area contributed by atoms with E-state index in [2.05, 4.69) is 5.32 Å². The van der Waals surface area contributed by atoms with Gasteiger partial charge >= 0.3 is 0 Å². The fraction of sp³-hybridized carbons (Fsp3) is 0.394. The lowest BCUT2D eigenvalue weighted by Crippen LogP contribution is -2.54. The Bertz CT molecular complexity index is 1470. The van der Waals surface area contributed by atoms with Gasteiger partial charge < -0.3 is 10.2 Å². The van der Waals surface area contributed by atoms with Crippen LogP contribution < -0.4 is 9.62 Å². The first-order valence-corrected chi connectivity index (χ1v) is 16.4. The van der Waals surface area contributed by atoms with Gasteiger partial charge in [0.15, 0.2) is 0 Å². The molecule has 0 heterocycles. The first-order valence-electron chi connectivity index (χ1n) is 14.6.